The van der Waals surface area contributed by atoms with Gasteiger partial charge in [0, 0.05) is 17.3 Å². The minimum absolute atomic E-state index is 0.0151. The summed E-state index contributed by atoms with van der Waals surface area (Å²) in [5.74, 6) is 0.0151. The molecule has 2 aromatic rings. The lowest BCUT2D eigenvalue weighted by molar-refractivity contribution is -0.123. The van der Waals surface area contributed by atoms with E-state index in [2.05, 4.69) is 17.4 Å². The minimum Gasteiger partial charge on any atom is -0.393 e. The lowest BCUT2D eigenvalue weighted by Crippen LogP contribution is -2.47. The Balaban J connectivity index is 1.74. The Morgan fingerprint density at radius 1 is 1.42 bits per heavy atom. The summed E-state index contributed by atoms with van der Waals surface area (Å²) in [6, 6.07) is 10.3. The fourth-order valence-corrected chi connectivity index (χ4v) is 2.68. The number of amides is 1. The van der Waals surface area contributed by atoms with Gasteiger partial charge >= 0.3 is 0 Å². The molecule has 0 radical (unpaired) electrons. The van der Waals surface area contributed by atoms with Crippen LogP contribution in [-0.2, 0) is 11.3 Å². The Labute approximate surface area is 112 Å². The number of hydrogen-bond donors (Lipinski definition) is 2. The number of fused-ring (bicyclic) bond motifs is 1. The monoisotopic (exact) mass is 258 g/mol. The van der Waals surface area contributed by atoms with Crippen LogP contribution in [0, 0.1) is 6.92 Å². The van der Waals surface area contributed by atoms with Crippen LogP contribution in [0.4, 0.5) is 0 Å². The summed E-state index contributed by atoms with van der Waals surface area (Å²) in [6.07, 6.45) is 1.12. The topological polar surface area (TPSA) is 54.3 Å². The first-order chi connectivity index (χ1) is 9.13. The van der Waals surface area contributed by atoms with E-state index >= 15 is 0 Å². The SMILES string of the molecule is Cc1cc2ccccc2n1CC(=O)NC1CC(O)C1. The van der Waals surface area contributed by atoms with Crippen molar-refractivity contribution in [2.45, 2.75) is 38.5 Å². The summed E-state index contributed by atoms with van der Waals surface area (Å²) in [7, 11) is 0. The molecular formula is C15H18N2O2. The molecule has 1 saturated carbocycles. The Morgan fingerprint density at radius 3 is 2.89 bits per heavy atom. The average molecular weight is 258 g/mol. The quantitative estimate of drug-likeness (QED) is 0.878. The van der Waals surface area contributed by atoms with Gasteiger partial charge in [-0.25, -0.2) is 0 Å². The van der Waals surface area contributed by atoms with E-state index in [4.69, 9.17) is 0 Å². The summed E-state index contributed by atoms with van der Waals surface area (Å²) >= 11 is 0. The number of aromatic nitrogens is 1. The minimum atomic E-state index is -0.237. The van der Waals surface area contributed by atoms with Crippen molar-refractivity contribution in [3.05, 3.63) is 36.0 Å². The molecule has 4 heteroatoms. The highest BCUT2D eigenvalue weighted by Gasteiger charge is 2.28. The molecule has 4 nitrogen and oxygen atoms in total. The van der Waals surface area contributed by atoms with Gasteiger partial charge in [0.15, 0.2) is 0 Å². The standard InChI is InChI=1S/C15H18N2O2/c1-10-6-11-4-2-3-5-14(11)17(10)9-15(19)16-12-7-13(18)8-12/h2-6,12-13,18H,7-9H2,1H3,(H,16,19). The Kier molecular flexibility index (Phi) is 3.03. The number of carbonyl (C=O) groups excluding carboxylic acids is 1. The molecule has 1 aromatic heterocycles. The number of carbonyl (C=O) groups is 1. The zero-order valence-electron chi connectivity index (χ0n) is 11.0. The van der Waals surface area contributed by atoms with E-state index in [-0.39, 0.29) is 18.1 Å². The van der Waals surface area contributed by atoms with Crippen molar-refractivity contribution in [2.75, 3.05) is 0 Å². The van der Waals surface area contributed by atoms with Gasteiger partial charge in [0.25, 0.3) is 0 Å². The van der Waals surface area contributed by atoms with Crippen molar-refractivity contribution in [3.63, 3.8) is 0 Å². The molecule has 0 bridgehead atoms. The van der Waals surface area contributed by atoms with E-state index in [1.54, 1.807) is 0 Å². The molecular weight excluding hydrogens is 240 g/mol. The summed E-state index contributed by atoms with van der Waals surface area (Å²) in [5, 5.41) is 13.3. The number of aryl methyl sites for hydroxylation is 1. The zero-order valence-corrected chi connectivity index (χ0v) is 11.0. The summed E-state index contributed by atoms with van der Waals surface area (Å²) in [6.45, 7) is 2.35. The smallest absolute Gasteiger partial charge is 0.240 e. The second-order valence-corrected chi connectivity index (χ2v) is 5.32. The van der Waals surface area contributed by atoms with Gasteiger partial charge in [-0.05, 0) is 37.3 Å². The first kappa shape index (κ1) is 12.2. The maximum atomic E-state index is 12.0. The summed E-state index contributed by atoms with van der Waals surface area (Å²) < 4.78 is 2.03. The fourth-order valence-electron chi connectivity index (χ4n) is 2.68. The molecule has 1 fully saturated rings. The normalized spacial score (nSPS) is 22.2. The van der Waals surface area contributed by atoms with Gasteiger partial charge < -0.3 is 15.0 Å². The average Bonchev–Trinajstić information content (AvgIpc) is 2.64. The Hall–Kier alpha value is -1.81. The van der Waals surface area contributed by atoms with Crippen molar-refractivity contribution >= 4 is 16.8 Å². The molecule has 1 aliphatic rings. The third kappa shape index (κ3) is 2.36. The van der Waals surface area contributed by atoms with Crippen molar-refractivity contribution < 1.29 is 9.90 Å². The van der Waals surface area contributed by atoms with Gasteiger partial charge in [0.1, 0.15) is 6.54 Å². The number of hydrogen-bond acceptors (Lipinski definition) is 2. The molecule has 1 aromatic carbocycles. The molecule has 3 rings (SSSR count). The number of rotatable bonds is 3. The second-order valence-electron chi connectivity index (χ2n) is 5.32. The van der Waals surface area contributed by atoms with Crippen LogP contribution >= 0.6 is 0 Å². The van der Waals surface area contributed by atoms with Crippen LogP contribution in [0.5, 0.6) is 0 Å². The first-order valence-electron chi connectivity index (χ1n) is 6.66. The highest BCUT2D eigenvalue weighted by Crippen LogP contribution is 2.21. The molecule has 0 spiro atoms. The largest absolute Gasteiger partial charge is 0.393 e. The number of nitrogens with zero attached hydrogens (tertiary/aromatic N) is 1. The predicted molar refractivity (Wildman–Crippen MR) is 73.8 cm³/mol. The molecule has 19 heavy (non-hydrogen) atoms. The van der Waals surface area contributed by atoms with E-state index in [1.807, 2.05) is 29.7 Å². The van der Waals surface area contributed by atoms with E-state index in [0.29, 0.717) is 19.4 Å². The number of benzene rings is 1. The maximum Gasteiger partial charge on any atom is 0.240 e. The molecule has 100 valence electrons. The van der Waals surface area contributed by atoms with Crippen LogP contribution in [-0.4, -0.2) is 27.7 Å². The summed E-state index contributed by atoms with van der Waals surface area (Å²) in [4.78, 5) is 12.0. The van der Waals surface area contributed by atoms with Crippen LogP contribution in [0.2, 0.25) is 0 Å². The van der Waals surface area contributed by atoms with Crippen LogP contribution in [0.1, 0.15) is 18.5 Å². The number of aliphatic hydroxyl groups excluding tert-OH is 1. The van der Waals surface area contributed by atoms with Gasteiger partial charge in [-0.1, -0.05) is 18.2 Å². The highest BCUT2D eigenvalue weighted by molar-refractivity contribution is 5.84. The molecule has 2 N–H and O–H groups in total. The molecule has 0 saturated heterocycles. The highest BCUT2D eigenvalue weighted by atomic mass is 16.3. The lowest BCUT2D eigenvalue weighted by atomic mass is 9.89. The lowest BCUT2D eigenvalue weighted by Gasteiger charge is -2.32. The van der Waals surface area contributed by atoms with E-state index in [1.165, 1.54) is 0 Å². The zero-order chi connectivity index (χ0) is 13.4. The van der Waals surface area contributed by atoms with Gasteiger partial charge in [-0.15, -0.1) is 0 Å². The number of aliphatic hydroxyl groups is 1. The summed E-state index contributed by atoms with van der Waals surface area (Å²) in [5.41, 5.74) is 2.17. The van der Waals surface area contributed by atoms with Gasteiger partial charge in [-0.3, -0.25) is 4.79 Å². The van der Waals surface area contributed by atoms with Crippen molar-refractivity contribution in [2.24, 2.45) is 0 Å². The van der Waals surface area contributed by atoms with Crippen LogP contribution in [0.25, 0.3) is 10.9 Å². The van der Waals surface area contributed by atoms with Crippen molar-refractivity contribution in [1.82, 2.24) is 9.88 Å². The predicted octanol–water partition coefficient (Wildman–Crippen LogP) is 1.59. The maximum absolute atomic E-state index is 12.0. The third-order valence-corrected chi connectivity index (χ3v) is 3.80. The molecule has 1 heterocycles. The number of para-hydroxylation sites is 1. The molecule has 1 amide bonds. The van der Waals surface area contributed by atoms with Crippen LogP contribution in [0.15, 0.2) is 30.3 Å². The van der Waals surface area contributed by atoms with Crippen LogP contribution in [0.3, 0.4) is 0 Å². The number of nitrogens with one attached hydrogen (secondary N) is 1. The third-order valence-electron chi connectivity index (χ3n) is 3.80. The van der Waals surface area contributed by atoms with Crippen molar-refractivity contribution in [1.29, 1.82) is 0 Å². The van der Waals surface area contributed by atoms with E-state index < -0.39 is 0 Å². The van der Waals surface area contributed by atoms with E-state index in [0.717, 1.165) is 16.6 Å². The Morgan fingerprint density at radius 2 is 2.16 bits per heavy atom. The Bertz CT molecular complexity index is 612. The van der Waals surface area contributed by atoms with Crippen molar-refractivity contribution in [3.8, 4) is 0 Å². The molecule has 0 unspecified atom stereocenters. The molecule has 1 aliphatic carbocycles. The molecule has 0 aliphatic heterocycles. The van der Waals surface area contributed by atoms with E-state index in [9.17, 15) is 9.90 Å². The molecule has 0 atom stereocenters. The first-order valence-corrected chi connectivity index (χ1v) is 6.66. The van der Waals surface area contributed by atoms with Crippen LogP contribution < -0.4 is 5.32 Å². The fraction of sp³-hybridized carbons (Fsp3) is 0.400. The van der Waals surface area contributed by atoms with Gasteiger partial charge in [-0.2, -0.15) is 0 Å². The van der Waals surface area contributed by atoms with Gasteiger partial charge in [0.05, 0.1) is 6.10 Å². The van der Waals surface area contributed by atoms with Gasteiger partial charge in [0.2, 0.25) is 5.91 Å². The second kappa shape index (κ2) is 4.70.